The number of carbonyl (C=O) groups excluding carboxylic acids is 1. The second kappa shape index (κ2) is 4.96. The van der Waals surface area contributed by atoms with Gasteiger partial charge in [0.1, 0.15) is 18.2 Å². The summed E-state index contributed by atoms with van der Waals surface area (Å²) in [5, 5.41) is 6.57. The Kier molecular flexibility index (Phi) is 3.38. The highest BCUT2D eigenvalue weighted by molar-refractivity contribution is 9.10. The van der Waals surface area contributed by atoms with Gasteiger partial charge in [-0.25, -0.2) is 4.98 Å². The van der Waals surface area contributed by atoms with E-state index in [1.807, 2.05) is 0 Å². The molecule has 0 bridgehead atoms. The van der Waals surface area contributed by atoms with Crippen molar-refractivity contribution >= 4 is 33.5 Å². The van der Waals surface area contributed by atoms with Crippen molar-refractivity contribution in [3.8, 4) is 0 Å². The first kappa shape index (κ1) is 11.6. The summed E-state index contributed by atoms with van der Waals surface area (Å²) in [6.45, 7) is 0.106. The van der Waals surface area contributed by atoms with Gasteiger partial charge in [0.2, 0.25) is 5.91 Å². The number of nitrogens with zero attached hydrogens (tertiary/aromatic N) is 3. The lowest BCUT2D eigenvalue weighted by Crippen LogP contribution is -2.19. The second-order valence-electron chi connectivity index (χ2n) is 3.35. The van der Waals surface area contributed by atoms with E-state index in [0.29, 0.717) is 11.6 Å². The monoisotopic (exact) mass is 295 g/mol. The Morgan fingerprint density at radius 3 is 2.88 bits per heavy atom. The number of nitrogen functional groups attached to an aromatic ring is 1. The minimum absolute atomic E-state index is 0.106. The van der Waals surface area contributed by atoms with Crippen molar-refractivity contribution in [3.05, 3.63) is 35.1 Å². The Balaban J connectivity index is 1.95. The van der Waals surface area contributed by atoms with Crippen molar-refractivity contribution in [3.63, 3.8) is 0 Å². The molecule has 2 aromatic heterocycles. The quantitative estimate of drug-likeness (QED) is 0.893. The van der Waals surface area contributed by atoms with E-state index in [1.165, 1.54) is 4.68 Å². The van der Waals surface area contributed by atoms with Gasteiger partial charge < -0.3 is 11.1 Å². The Labute approximate surface area is 106 Å². The standard InChI is InChI=1S/C10H10BrN5O/c11-7-1-2-9(13-5-7)14-10(17)6-16-4-3-8(12)15-16/h1-5H,6H2,(H2,12,15)(H,13,14,17). The maximum Gasteiger partial charge on any atom is 0.247 e. The molecule has 0 aliphatic carbocycles. The van der Waals surface area contributed by atoms with Crippen LogP contribution in [0.5, 0.6) is 0 Å². The molecule has 1 amide bonds. The van der Waals surface area contributed by atoms with Gasteiger partial charge in [-0.1, -0.05) is 0 Å². The number of hydrogen-bond acceptors (Lipinski definition) is 4. The van der Waals surface area contributed by atoms with E-state index in [4.69, 9.17) is 5.73 Å². The molecule has 0 radical (unpaired) electrons. The van der Waals surface area contributed by atoms with E-state index in [2.05, 4.69) is 31.3 Å². The molecule has 2 rings (SSSR count). The van der Waals surface area contributed by atoms with Crippen molar-refractivity contribution in [1.82, 2.24) is 14.8 Å². The fourth-order valence-electron chi connectivity index (χ4n) is 1.24. The average Bonchev–Trinajstić information content (AvgIpc) is 2.67. The minimum Gasteiger partial charge on any atom is -0.382 e. The number of anilines is 2. The van der Waals surface area contributed by atoms with Gasteiger partial charge >= 0.3 is 0 Å². The van der Waals surface area contributed by atoms with E-state index < -0.39 is 0 Å². The molecule has 0 atom stereocenters. The third kappa shape index (κ3) is 3.28. The summed E-state index contributed by atoms with van der Waals surface area (Å²) in [6, 6.07) is 5.14. The van der Waals surface area contributed by atoms with Gasteiger partial charge in [-0.05, 0) is 34.1 Å². The normalized spacial score (nSPS) is 10.2. The number of rotatable bonds is 3. The van der Waals surface area contributed by atoms with Gasteiger partial charge in [-0.3, -0.25) is 9.48 Å². The molecule has 0 unspecified atom stereocenters. The number of hydrogen-bond donors (Lipinski definition) is 2. The van der Waals surface area contributed by atoms with Gasteiger partial charge in [0.15, 0.2) is 0 Å². The highest BCUT2D eigenvalue weighted by Gasteiger charge is 2.05. The van der Waals surface area contributed by atoms with Crippen molar-refractivity contribution in [1.29, 1.82) is 0 Å². The molecule has 0 spiro atoms. The Morgan fingerprint density at radius 2 is 2.29 bits per heavy atom. The van der Waals surface area contributed by atoms with Gasteiger partial charge in [0, 0.05) is 16.9 Å². The summed E-state index contributed by atoms with van der Waals surface area (Å²) >= 11 is 3.26. The number of nitrogens with one attached hydrogen (secondary N) is 1. The number of pyridine rings is 1. The molecule has 2 aromatic rings. The molecule has 0 aliphatic rings. The second-order valence-corrected chi connectivity index (χ2v) is 4.26. The summed E-state index contributed by atoms with van der Waals surface area (Å²) < 4.78 is 2.32. The van der Waals surface area contributed by atoms with E-state index in [-0.39, 0.29) is 12.5 Å². The largest absolute Gasteiger partial charge is 0.382 e. The third-order valence-electron chi connectivity index (χ3n) is 1.96. The topological polar surface area (TPSA) is 85.8 Å². The molecule has 0 saturated carbocycles. The van der Waals surface area contributed by atoms with E-state index in [1.54, 1.807) is 30.6 Å². The first-order valence-corrected chi connectivity index (χ1v) is 5.63. The summed E-state index contributed by atoms with van der Waals surface area (Å²) in [4.78, 5) is 15.6. The van der Waals surface area contributed by atoms with E-state index in [0.717, 1.165) is 4.47 Å². The van der Waals surface area contributed by atoms with Crippen molar-refractivity contribution in [2.45, 2.75) is 6.54 Å². The van der Waals surface area contributed by atoms with Crippen LogP contribution in [0.3, 0.4) is 0 Å². The molecule has 7 heteroatoms. The smallest absolute Gasteiger partial charge is 0.247 e. The molecule has 0 aliphatic heterocycles. The van der Waals surface area contributed by atoms with Crippen molar-refractivity contribution in [2.75, 3.05) is 11.1 Å². The van der Waals surface area contributed by atoms with Crippen LogP contribution in [0.25, 0.3) is 0 Å². The zero-order valence-electron chi connectivity index (χ0n) is 8.80. The third-order valence-corrected chi connectivity index (χ3v) is 2.43. The highest BCUT2D eigenvalue weighted by Crippen LogP contribution is 2.10. The summed E-state index contributed by atoms with van der Waals surface area (Å²) in [5.41, 5.74) is 5.44. The van der Waals surface area contributed by atoms with Crippen LogP contribution in [0.1, 0.15) is 0 Å². The van der Waals surface area contributed by atoms with Crippen LogP contribution in [-0.4, -0.2) is 20.7 Å². The lowest BCUT2D eigenvalue weighted by atomic mass is 10.4. The molecule has 3 N–H and O–H groups in total. The fraction of sp³-hybridized carbons (Fsp3) is 0.100. The van der Waals surface area contributed by atoms with Crippen LogP contribution in [0, 0.1) is 0 Å². The summed E-state index contributed by atoms with van der Waals surface area (Å²) in [7, 11) is 0. The summed E-state index contributed by atoms with van der Waals surface area (Å²) in [6.07, 6.45) is 3.26. The molecule has 0 fully saturated rings. The maximum absolute atomic E-state index is 11.6. The summed E-state index contributed by atoms with van der Waals surface area (Å²) in [5.74, 6) is 0.681. The molecule has 6 nitrogen and oxygen atoms in total. The lowest BCUT2D eigenvalue weighted by molar-refractivity contribution is -0.116. The fourth-order valence-corrected chi connectivity index (χ4v) is 1.48. The number of halogens is 1. The predicted octanol–water partition coefficient (Wildman–Crippen LogP) is 1.26. The minimum atomic E-state index is -0.206. The first-order chi connectivity index (χ1) is 8.13. The van der Waals surface area contributed by atoms with E-state index >= 15 is 0 Å². The van der Waals surface area contributed by atoms with Gasteiger partial charge in [0.25, 0.3) is 0 Å². The Hall–Kier alpha value is -1.89. The van der Waals surface area contributed by atoms with Gasteiger partial charge in [0.05, 0.1) is 0 Å². The Morgan fingerprint density at radius 1 is 1.47 bits per heavy atom. The van der Waals surface area contributed by atoms with Gasteiger partial charge in [-0.2, -0.15) is 5.10 Å². The van der Waals surface area contributed by atoms with Crippen LogP contribution in [-0.2, 0) is 11.3 Å². The number of nitrogens with two attached hydrogens (primary N) is 1. The van der Waals surface area contributed by atoms with Crippen LogP contribution in [0.2, 0.25) is 0 Å². The zero-order chi connectivity index (χ0) is 12.3. The van der Waals surface area contributed by atoms with Crippen LogP contribution in [0.15, 0.2) is 35.1 Å². The van der Waals surface area contributed by atoms with Crippen LogP contribution >= 0.6 is 15.9 Å². The highest BCUT2D eigenvalue weighted by atomic mass is 79.9. The number of carbonyl (C=O) groups is 1. The zero-order valence-corrected chi connectivity index (χ0v) is 10.4. The molecular weight excluding hydrogens is 286 g/mol. The number of aromatic nitrogens is 3. The first-order valence-electron chi connectivity index (χ1n) is 4.84. The molecular formula is C10H10BrN5O. The van der Waals surface area contributed by atoms with Gasteiger partial charge in [-0.15, -0.1) is 0 Å². The Bertz CT molecular complexity index is 522. The lowest BCUT2D eigenvalue weighted by Gasteiger charge is -2.04. The molecule has 2 heterocycles. The molecule has 88 valence electrons. The van der Waals surface area contributed by atoms with Crippen LogP contribution < -0.4 is 11.1 Å². The maximum atomic E-state index is 11.6. The molecule has 17 heavy (non-hydrogen) atoms. The van der Waals surface area contributed by atoms with Crippen molar-refractivity contribution in [2.24, 2.45) is 0 Å². The van der Waals surface area contributed by atoms with Crippen LogP contribution in [0.4, 0.5) is 11.6 Å². The molecule has 0 saturated heterocycles. The average molecular weight is 296 g/mol. The SMILES string of the molecule is Nc1ccn(CC(=O)Nc2ccc(Br)cn2)n1. The van der Waals surface area contributed by atoms with Crippen molar-refractivity contribution < 1.29 is 4.79 Å². The predicted molar refractivity (Wildman–Crippen MR) is 67.2 cm³/mol. The number of amides is 1. The van der Waals surface area contributed by atoms with E-state index in [9.17, 15) is 4.79 Å². The molecule has 0 aromatic carbocycles.